The second-order valence-corrected chi connectivity index (χ2v) is 14.4. The van der Waals surface area contributed by atoms with Gasteiger partial charge < -0.3 is 40.3 Å². The number of carbonyl (C=O) groups is 6. The predicted octanol–water partition coefficient (Wildman–Crippen LogP) is 1.91. The molecular weight excluding hydrogens is 638 g/mol. The number of ether oxygens (including phenoxy) is 2. The zero-order valence-electron chi connectivity index (χ0n) is 28.3. The van der Waals surface area contributed by atoms with Gasteiger partial charge in [0.2, 0.25) is 17.6 Å². The lowest BCUT2D eigenvalue weighted by molar-refractivity contribution is -0.144. The Bertz CT molecular complexity index is 1500. The fourth-order valence-electron chi connectivity index (χ4n) is 6.28. The lowest BCUT2D eigenvalue weighted by atomic mass is 9.85. The number of amides is 4. The second-order valence-electron chi connectivity index (χ2n) is 14.4. The summed E-state index contributed by atoms with van der Waals surface area (Å²) >= 11 is 0. The molecule has 5 rings (SSSR count). The van der Waals surface area contributed by atoms with Crippen molar-refractivity contribution in [3.05, 3.63) is 35.4 Å². The third-order valence-corrected chi connectivity index (χ3v) is 9.17. The molecule has 1 saturated carbocycles. The average molecular weight is 684 g/mol. The molecule has 15 heteroatoms. The lowest BCUT2D eigenvalue weighted by Gasteiger charge is -2.35. The van der Waals surface area contributed by atoms with Gasteiger partial charge >= 0.3 is 12.1 Å². The number of alkyl carbamates (subject to hydrolysis) is 1. The van der Waals surface area contributed by atoms with E-state index in [0.717, 1.165) is 12.8 Å². The van der Waals surface area contributed by atoms with Crippen LogP contribution in [-0.2, 0) is 33.5 Å². The van der Waals surface area contributed by atoms with Gasteiger partial charge in [0.15, 0.2) is 5.60 Å². The summed E-state index contributed by atoms with van der Waals surface area (Å²) in [5, 5.41) is 21.7. The van der Waals surface area contributed by atoms with Crippen LogP contribution in [0.1, 0.15) is 88.6 Å². The average Bonchev–Trinajstić information content (AvgIpc) is 3.39. The molecule has 1 aromatic carbocycles. The molecule has 1 aromatic rings. The number of benzene rings is 1. The van der Waals surface area contributed by atoms with Crippen LogP contribution in [0.15, 0.2) is 29.4 Å². The first-order valence-corrected chi connectivity index (χ1v) is 16.8. The molecule has 1 spiro atoms. The van der Waals surface area contributed by atoms with E-state index in [4.69, 9.17) is 14.3 Å². The molecule has 4 aliphatic rings. The molecule has 49 heavy (non-hydrogen) atoms. The number of hydrogen-bond acceptors (Lipinski definition) is 10. The van der Waals surface area contributed by atoms with Gasteiger partial charge in [-0.3, -0.25) is 19.2 Å². The highest BCUT2D eigenvalue weighted by atomic mass is 16.7. The van der Waals surface area contributed by atoms with Crippen LogP contribution < -0.4 is 16.0 Å². The van der Waals surface area contributed by atoms with E-state index < -0.39 is 70.8 Å². The monoisotopic (exact) mass is 683 g/mol. The predicted molar refractivity (Wildman–Crippen MR) is 174 cm³/mol. The van der Waals surface area contributed by atoms with Gasteiger partial charge in [-0.05, 0) is 42.4 Å². The number of hydrogen-bond donors (Lipinski definition) is 4. The van der Waals surface area contributed by atoms with E-state index >= 15 is 0 Å². The van der Waals surface area contributed by atoms with Gasteiger partial charge in [0.25, 0.3) is 5.91 Å². The van der Waals surface area contributed by atoms with Crippen molar-refractivity contribution in [3.63, 3.8) is 0 Å². The Labute approximate surface area is 284 Å². The topological polar surface area (TPSA) is 202 Å². The maximum absolute atomic E-state index is 14.4. The van der Waals surface area contributed by atoms with Crippen LogP contribution in [0.2, 0.25) is 0 Å². The fourth-order valence-corrected chi connectivity index (χ4v) is 6.28. The molecular formula is C34H45N5O10. The van der Waals surface area contributed by atoms with Crippen LogP contribution in [-0.4, -0.2) is 107 Å². The molecule has 0 unspecified atom stereocenters. The van der Waals surface area contributed by atoms with Gasteiger partial charge in [0.05, 0.1) is 37.1 Å². The molecule has 0 bridgehead atoms. The molecule has 15 nitrogen and oxygen atoms in total. The quantitative estimate of drug-likeness (QED) is 0.236. The number of likely N-dealkylation sites (tertiary alicyclic amines) is 1. The zero-order chi connectivity index (χ0) is 35.5. The number of nitrogens with zero attached hydrogens (tertiary/aromatic N) is 2. The highest BCUT2D eigenvalue weighted by Crippen LogP contribution is 2.40. The summed E-state index contributed by atoms with van der Waals surface area (Å²) in [5.74, 6) is -3.78. The van der Waals surface area contributed by atoms with Crippen molar-refractivity contribution in [3.8, 4) is 0 Å². The lowest BCUT2D eigenvalue weighted by Crippen LogP contribution is -2.59. The minimum absolute atomic E-state index is 0.00676. The number of aromatic carboxylic acids is 1. The van der Waals surface area contributed by atoms with Crippen molar-refractivity contribution >= 4 is 41.3 Å². The first-order valence-electron chi connectivity index (χ1n) is 16.8. The standard InChI is InChI=1S/C34H45N5O10/c1-5-6-23(26(40)29(42)35-21-11-12-21)36-28(41)25-16-34(15-24(38-49-34)19-7-9-20(10-8-19)31(44)45)18-39(25)30(43)27(33(2,3)4)37-32(46)48-22-13-14-47-17-22/h7-10,21-23,25,27H,5-6,11-18H2,1-4H3,(H,35,42)(H,36,41)(H,37,46)(H,44,45)/t22-,23-,25-,27+,34+/m0/s1. The molecule has 3 fully saturated rings. The smallest absolute Gasteiger partial charge is 0.408 e. The molecule has 0 aromatic heterocycles. The van der Waals surface area contributed by atoms with E-state index in [1.54, 1.807) is 32.9 Å². The Morgan fingerprint density at radius 3 is 2.39 bits per heavy atom. The summed E-state index contributed by atoms with van der Waals surface area (Å²) in [4.78, 5) is 85.9. The highest BCUT2D eigenvalue weighted by Gasteiger charge is 2.56. The van der Waals surface area contributed by atoms with E-state index in [0.29, 0.717) is 30.7 Å². The summed E-state index contributed by atoms with van der Waals surface area (Å²) in [6, 6.07) is 2.73. The summed E-state index contributed by atoms with van der Waals surface area (Å²) in [6.45, 7) is 7.81. The fraction of sp³-hybridized carbons (Fsp3) is 0.618. The van der Waals surface area contributed by atoms with Crippen LogP contribution >= 0.6 is 0 Å². The van der Waals surface area contributed by atoms with Gasteiger partial charge in [-0.2, -0.15) is 0 Å². The normalized spacial score (nSPS) is 24.4. The maximum Gasteiger partial charge on any atom is 0.408 e. The maximum atomic E-state index is 14.4. The first kappa shape index (κ1) is 35.8. The molecule has 1 aliphatic carbocycles. The third kappa shape index (κ3) is 8.56. The van der Waals surface area contributed by atoms with E-state index in [-0.39, 0.29) is 44.0 Å². The summed E-state index contributed by atoms with van der Waals surface area (Å²) < 4.78 is 10.8. The number of carboxylic acids is 1. The van der Waals surface area contributed by atoms with Crippen LogP contribution in [0.5, 0.6) is 0 Å². The summed E-state index contributed by atoms with van der Waals surface area (Å²) in [7, 11) is 0. The van der Waals surface area contributed by atoms with Crippen LogP contribution in [0, 0.1) is 5.41 Å². The van der Waals surface area contributed by atoms with Gasteiger partial charge in [0, 0.05) is 25.3 Å². The van der Waals surface area contributed by atoms with Crippen molar-refractivity contribution in [2.75, 3.05) is 19.8 Å². The summed E-state index contributed by atoms with van der Waals surface area (Å²) in [5.41, 5.74) is -0.708. The number of rotatable bonds is 12. The van der Waals surface area contributed by atoms with Crippen molar-refractivity contribution in [2.45, 2.75) is 109 Å². The number of oxime groups is 1. The Morgan fingerprint density at radius 1 is 1.08 bits per heavy atom. The Hall–Kier alpha value is -4.53. The molecule has 0 radical (unpaired) electrons. The largest absolute Gasteiger partial charge is 0.478 e. The second kappa shape index (κ2) is 14.5. The van der Waals surface area contributed by atoms with Gasteiger partial charge in [0.1, 0.15) is 18.2 Å². The van der Waals surface area contributed by atoms with Crippen LogP contribution in [0.3, 0.4) is 0 Å². The number of carboxylic acid groups (broad SMARTS) is 1. The first-order chi connectivity index (χ1) is 23.2. The number of carbonyl (C=O) groups excluding carboxylic acids is 5. The zero-order valence-corrected chi connectivity index (χ0v) is 28.3. The van der Waals surface area contributed by atoms with Gasteiger partial charge in [-0.1, -0.05) is 51.4 Å². The molecule has 3 aliphatic heterocycles. The Morgan fingerprint density at radius 2 is 1.80 bits per heavy atom. The minimum Gasteiger partial charge on any atom is -0.478 e. The minimum atomic E-state index is -1.14. The van der Waals surface area contributed by atoms with Gasteiger partial charge in [-0.25, -0.2) is 9.59 Å². The van der Waals surface area contributed by atoms with E-state index in [1.165, 1.54) is 17.0 Å². The van der Waals surface area contributed by atoms with Gasteiger partial charge in [-0.15, -0.1) is 0 Å². The van der Waals surface area contributed by atoms with Crippen LogP contribution in [0.25, 0.3) is 0 Å². The highest BCUT2D eigenvalue weighted by molar-refractivity contribution is 6.38. The number of nitrogens with one attached hydrogen (secondary N) is 3. The van der Waals surface area contributed by atoms with Crippen LogP contribution in [0.4, 0.5) is 4.79 Å². The van der Waals surface area contributed by atoms with Crippen molar-refractivity contribution in [2.24, 2.45) is 10.6 Å². The SMILES string of the molecule is CCC[C@H](NC(=O)[C@@H]1C[C@]2(CC(c3ccc(C(=O)O)cc3)=NO2)CN1C(=O)[C@@H](NC(=O)O[C@H]1CCOC1)C(C)(C)C)C(=O)C(=O)NC1CC1. The molecule has 4 N–H and O–H groups in total. The van der Waals surface area contributed by atoms with Crippen molar-refractivity contribution in [1.82, 2.24) is 20.9 Å². The Balaban J connectivity index is 1.38. The molecule has 5 atom stereocenters. The van der Waals surface area contributed by atoms with E-state index in [2.05, 4.69) is 21.1 Å². The number of Topliss-reactive ketones (excluding diaryl/α,β-unsaturated/α-hetero) is 1. The van der Waals surface area contributed by atoms with E-state index in [1.807, 2.05) is 6.92 Å². The van der Waals surface area contributed by atoms with Crippen molar-refractivity contribution in [1.29, 1.82) is 0 Å². The third-order valence-electron chi connectivity index (χ3n) is 9.17. The van der Waals surface area contributed by atoms with Crippen molar-refractivity contribution < 1.29 is 48.2 Å². The molecule has 4 amide bonds. The number of ketones is 1. The molecule has 266 valence electrons. The Kier molecular flexibility index (Phi) is 10.6. The molecule has 2 saturated heterocycles. The molecule has 3 heterocycles. The summed E-state index contributed by atoms with van der Waals surface area (Å²) in [6.07, 6.45) is 1.82. The van der Waals surface area contributed by atoms with E-state index in [9.17, 15) is 33.9 Å².